The molecule has 0 aliphatic carbocycles. The van der Waals surface area contributed by atoms with Gasteiger partial charge in [0, 0.05) is 31.0 Å². The third kappa shape index (κ3) is 16.9. The highest BCUT2D eigenvalue weighted by molar-refractivity contribution is 5.95. The van der Waals surface area contributed by atoms with Crippen LogP contribution in [0.1, 0.15) is 102 Å². The van der Waals surface area contributed by atoms with Crippen LogP contribution >= 0.6 is 0 Å². The van der Waals surface area contributed by atoms with E-state index in [0.717, 1.165) is 19.3 Å². The Morgan fingerprint density at radius 3 is 1.89 bits per heavy atom. The summed E-state index contributed by atoms with van der Waals surface area (Å²) in [6.45, 7) is 12.8. The molecule has 0 fully saturated rings. The van der Waals surface area contributed by atoms with Crippen LogP contribution in [-0.4, -0.2) is 22.7 Å². The van der Waals surface area contributed by atoms with Gasteiger partial charge in [-0.1, -0.05) is 60.1 Å². The van der Waals surface area contributed by atoms with E-state index in [1.54, 1.807) is 13.0 Å². The molecule has 9 heteroatoms. The predicted molar refractivity (Wildman–Crippen MR) is 140 cm³/mol. The number of aryl methyl sites for hydroxylation is 1. The first kappa shape index (κ1) is 37.4. The van der Waals surface area contributed by atoms with Crippen molar-refractivity contribution in [2.45, 2.75) is 99.3 Å². The lowest BCUT2D eigenvalue weighted by molar-refractivity contribution is -0.138. The van der Waals surface area contributed by atoms with Crippen molar-refractivity contribution in [3.63, 3.8) is 0 Å². The van der Waals surface area contributed by atoms with Gasteiger partial charge in [-0.2, -0.15) is 13.2 Å². The molecule has 3 nitrogen and oxygen atoms in total. The molecule has 0 radical (unpaired) electrons. The predicted octanol–water partition coefficient (Wildman–Crippen LogP) is 9.51. The van der Waals surface area contributed by atoms with Gasteiger partial charge in [-0.3, -0.25) is 14.6 Å². The van der Waals surface area contributed by atoms with E-state index in [-0.39, 0.29) is 23.2 Å². The van der Waals surface area contributed by atoms with Crippen LogP contribution < -0.4 is 0 Å². The molecule has 0 aliphatic rings. The lowest BCUT2D eigenvalue weighted by atomic mass is 10.0. The zero-order chi connectivity index (χ0) is 29.9. The van der Waals surface area contributed by atoms with E-state index in [2.05, 4.69) is 4.98 Å². The van der Waals surface area contributed by atoms with Gasteiger partial charge in [-0.05, 0) is 43.9 Å². The van der Waals surface area contributed by atoms with E-state index in [0.29, 0.717) is 42.9 Å². The molecular weight excluding hydrogens is 508 g/mol. The van der Waals surface area contributed by atoms with Crippen molar-refractivity contribution < 1.29 is 35.9 Å². The molecule has 2 aromatic rings. The van der Waals surface area contributed by atoms with Gasteiger partial charge in [-0.15, -0.1) is 0 Å². The minimum Gasteiger partial charge on any atom is -0.300 e. The number of hydrogen-bond donors (Lipinski definition) is 0. The molecule has 0 saturated heterocycles. The smallest absolute Gasteiger partial charge is 0.300 e. The zero-order valence-corrected chi connectivity index (χ0v) is 23.4. The second-order valence-electron chi connectivity index (χ2n) is 8.53. The molecule has 0 bridgehead atoms. The fourth-order valence-corrected chi connectivity index (χ4v) is 2.64. The number of halogens is 6. The van der Waals surface area contributed by atoms with Crippen LogP contribution in [0.3, 0.4) is 0 Å². The largest absolute Gasteiger partial charge is 0.417 e. The quantitative estimate of drug-likeness (QED) is 0.243. The van der Waals surface area contributed by atoms with Gasteiger partial charge < -0.3 is 0 Å². The summed E-state index contributed by atoms with van der Waals surface area (Å²) in [5.41, 5.74) is -0.652. The Morgan fingerprint density at radius 2 is 1.55 bits per heavy atom. The summed E-state index contributed by atoms with van der Waals surface area (Å²) in [5, 5.41) is 0. The van der Waals surface area contributed by atoms with Gasteiger partial charge in [0.2, 0.25) is 0 Å². The van der Waals surface area contributed by atoms with Crippen molar-refractivity contribution in [2.24, 2.45) is 5.92 Å². The van der Waals surface area contributed by atoms with Crippen LogP contribution in [-0.2, 0) is 11.0 Å². The van der Waals surface area contributed by atoms with Crippen molar-refractivity contribution in [3.05, 3.63) is 65.0 Å². The Kier molecular flexibility index (Phi) is 20.0. The standard InChI is InChI=1S/C9H9FO.C7H5F4N.C7H15F.C6H12O/c1-2-9(11)7-4-3-5-8(10)6-7;1-4-6(8)2-5(3-12-4)7(9,10)11;1-4-6(3)7(8)5-2;1-3-5-6(7)4-2/h3-6H,2H2,1H3;2-3H,1H3;6-7H,4-5H2,1-3H3;3-5H2,1-2H3/t;;6-,7?;/m..1./s1. The second kappa shape index (κ2) is 20.3. The summed E-state index contributed by atoms with van der Waals surface area (Å²) in [6.07, 6.45) is -0.00949. The second-order valence-corrected chi connectivity index (χ2v) is 8.53. The van der Waals surface area contributed by atoms with Crippen LogP contribution in [0.5, 0.6) is 0 Å². The van der Waals surface area contributed by atoms with Gasteiger partial charge in [-0.25, -0.2) is 13.2 Å². The lowest BCUT2D eigenvalue weighted by Crippen LogP contribution is -2.09. The number of rotatable bonds is 8. The van der Waals surface area contributed by atoms with Crippen molar-refractivity contribution in [3.8, 4) is 0 Å². The molecule has 1 heterocycles. The van der Waals surface area contributed by atoms with E-state index < -0.39 is 23.7 Å². The summed E-state index contributed by atoms with van der Waals surface area (Å²) in [6, 6.07) is 6.17. The minimum atomic E-state index is -4.53. The molecule has 1 aromatic carbocycles. The average molecular weight is 550 g/mol. The number of alkyl halides is 4. The summed E-state index contributed by atoms with van der Waals surface area (Å²) >= 11 is 0. The summed E-state index contributed by atoms with van der Waals surface area (Å²) in [5.74, 6) is -0.693. The molecule has 216 valence electrons. The maximum absolute atomic E-state index is 12.5. The molecular formula is C29H41F6NO2. The Hall–Kier alpha value is -2.71. The van der Waals surface area contributed by atoms with Crippen molar-refractivity contribution in [1.29, 1.82) is 0 Å². The number of nitrogens with zero attached hydrogens (tertiary/aromatic N) is 1. The minimum absolute atomic E-state index is 0.0236. The number of benzene rings is 1. The van der Waals surface area contributed by atoms with E-state index >= 15 is 0 Å². The topological polar surface area (TPSA) is 47.0 Å². The highest BCUT2D eigenvalue weighted by Gasteiger charge is 2.31. The number of aromatic nitrogens is 1. The Labute approximate surface area is 223 Å². The third-order valence-corrected chi connectivity index (χ3v) is 5.39. The lowest BCUT2D eigenvalue weighted by Gasteiger charge is -2.10. The Bertz CT molecular complexity index is 939. The first-order valence-electron chi connectivity index (χ1n) is 12.8. The molecule has 0 spiro atoms. The first-order valence-corrected chi connectivity index (χ1v) is 12.8. The fourth-order valence-electron chi connectivity index (χ4n) is 2.64. The highest BCUT2D eigenvalue weighted by atomic mass is 19.4. The molecule has 1 unspecified atom stereocenters. The highest BCUT2D eigenvalue weighted by Crippen LogP contribution is 2.29. The number of carbonyl (C=O) groups excluding carboxylic acids is 2. The molecule has 2 atom stereocenters. The molecule has 0 N–H and O–H groups in total. The van der Waals surface area contributed by atoms with Gasteiger partial charge in [0.05, 0.1) is 11.3 Å². The van der Waals surface area contributed by atoms with Gasteiger partial charge >= 0.3 is 6.18 Å². The Balaban J connectivity index is 0. The number of hydrogen-bond acceptors (Lipinski definition) is 3. The maximum atomic E-state index is 12.5. The molecule has 38 heavy (non-hydrogen) atoms. The number of carbonyl (C=O) groups is 2. The van der Waals surface area contributed by atoms with Gasteiger partial charge in [0.1, 0.15) is 23.6 Å². The van der Waals surface area contributed by atoms with Crippen LogP contribution in [0.4, 0.5) is 26.3 Å². The molecule has 1 aromatic heterocycles. The zero-order valence-electron chi connectivity index (χ0n) is 23.4. The van der Waals surface area contributed by atoms with E-state index in [9.17, 15) is 35.9 Å². The van der Waals surface area contributed by atoms with Crippen LogP contribution in [0.25, 0.3) is 0 Å². The molecule has 0 aliphatic heterocycles. The van der Waals surface area contributed by atoms with Crippen molar-refractivity contribution >= 4 is 11.6 Å². The normalized spacial score (nSPS) is 11.9. The third-order valence-electron chi connectivity index (χ3n) is 5.39. The van der Waals surface area contributed by atoms with E-state index in [1.807, 2.05) is 34.6 Å². The molecule has 0 amide bonds. The van der Waals surface area contributed by atoms with Crippen LogP contribution in [0, 0.1) is 24.5 Å². The first-order chi connectivity index (χ1) is 17.7. The molecule has 2 rings (SSSR count). The Morgan fingerprint density at radius 1 is 0.947 bits per heavy atom. The maximum Gasteiger partial charge on any atom is 0.417 e. The summed E-state index contributed by atoms with van der Waals surface area (Å²) in [4.78, 5) is 24.7. The molecule has 0 saturated carbocycles. The van der Waals surface area contributed by atoms with E-state index in [1.165, 1.54) is 25.1 Å². The number of Topliss-reactive ketones (excluding diaryl/α,β-unsaturated/α-hetero) is 2. The monoisotopic (exact) mass is 549 g/mol. The number of ketones is 2. The average Bonchev–Trinajstić information content (AvgIpc) is 2.89. The van der Waals surface area contributed by atoms with E-state index in [4.69, 9.17) is 0 Å². The van der Waals surface area contributed by atoms with Crippen molar-refractivity contribution in [2.75, 3.05) is 0 Å². The summed E-state index contributed by atoms with van der Waals surface area (Å²) in [7, 11) is 0. The SMILES string of the molecule is CCC(=O)c1cccc(F)c1.CCC(F)[C@H](C)CC.CCCC(=O)CC.Cc1ncc(C(F)(F)F)cc1F. The van der Waals surface area contributed by atoms with Crippen molar-refractivity contribution in [1.82, 2.24) is 4.98 Å². The number of pyridine rings is 1. The fraction of sp³-hybridized carbons (Fsp3) is 0.552. The van der Waals surface area contributed by atoms with Crippen LogP contribution in [0.15, 0.2) is 36.5 Å². The van der Waals surface area contributed by atoms with Gasteiger partial charge in [0.25, 0.3) is 0 Å². The summed E-state index contributed by atoms with van der Waals surface area (Å²) < 4.78 is 73.3. The van der Waals surface area contributed by atoms with Crippen LogP contribution in [0.2, 0.25) is 0 Å². The van der Waals surface area contributed by atoms with Gasteiger partial charge in [0.15, 0.2) is 5.78 Å².